The van der Waals surface area contributed by atoms with Crippen molar-refractivity contribution in [3.05, 3.63) is 78.4 Å². The van der Waals surface area contributed by atoms with E-state index >= 15 is 0 Å². The van der Waals surface area contributed by atoms with Crippen LogP contribution in [-0.4, -0.2) is 112 Å². The maximum absolute atomic E-state index is 13.9. The third-order valence-corrected chi connectivity index (χ3v) is 12.3. The first-order valence-electron chi connectivity index (χ1n) is 14.9. The van der Waals surface area contributed by atoms with E-state index in [0.717, 1.165) is 20.6 Å². The summed E-state index contributed by atoms with van der Waals surface area (Å²) in [4.78, 5) is 14.8. The summed E-state index contributed by atoms with van der Waals surface area (Å²) in [5.41, 5.74) is 1.19. The molecule has 1 saturated heterocycles. The number of amides is 2. The van der Waals surface area contributed by atoms with Crippen LogP contribution < -0.4 is 0 Å². The number of carbonyl (C=O) groups excluding carboxylic acids is 1. The summed E-state index contributed by atoms with van der Waals surface area (Å²) in [6.07, 6.45) is -1.26. The molecule has 0 radical (unpaired) electrons. The van der Waals surface area contributed by atoms with E-state index in [1.807, 2.05) is 0 Å². The highest BCUT2D eigenvalue weighted by Gasteiger charge is 2.82. The summed E-state index contributed by atoms with van der Waals surface area (Å²) in [5.74, 6) is -7.13. The molecule has 1 fully saturated rings. The van der Waals surface area contributed by atoms with Gasteiger partial charge in [-0.3, -0.25) is 18.5 Å². The van der Waals surface area contributed by atoms with Gasteiger partial charge in [-0.15, -0.1) is 0 Å². The standard InChI is InChI=1S/C20H17OS.C11H16F6N2O9S2/c21-14-13-15-9-11-16(12-10-15)22-19-7-3-1-5-17(19)18-6-2-4-8-20(18)22;1-26-5-18-3-7(4-19(6-27-2)8(18)20)28-30(24,25)11(16,17)9(12,13)10(14,15)29(21,22)23/h1-12,21H,13-14H2;7H,3-6H2,1-2H3,(H,21,22,23)/q+1;. The molecule has 2 amide bonds. The molecule has 2 heterocycles. The monoisotopic (exact) mass is 803 g/mol. The molecule has 0 saturated carbocycles. The van der Waals surface area contributed by atoms with Gasteiger partial charge in [-0.2, -0.15) is 43.2 Å². The van der Waals surface area contributed by atoms with Gasteiger partial charge in [0.15, 0.2) is 14.3 Å². The number of carbonyl (C=O) groups is 1. The molecule has 21 heteroatoms. The first kappa shape index (κ1) is 41.2. The Labute approximate surface area is 296 Å². The fraction of sp³-hybridized carbons (Fsp3) is 0.387. The molecule has 0 atom stereocenters. The molecule has 1 aromatic heterocycles. The minimum Gasteiger partial charge on any atom is -0.396 e. The highest BCUT2D eigenvalue weighted by molar-refractivity contribution is 7.88. The molecule has 2 N–H and O–H groups in total. The maximum Gasteiger partial charge on any atom is 0.439 e. The van der Waals surface area contributed by atoms with Crippen LogP contribution in [0.5, 0.6) is 0 Å². The van der Waals surface area contributed by atoms with Crippen molar-refractivity contribution >= 4 is 56.9 Å². The molecule has 4 aromatic rings. The molecule has 286 valence electrons. The number of ether oxygens (including phenoxy) is 2. The van der Waals surface area contributed by atoms with E-state index in [0.29, 0.717) is 9.80 Å². The average Bonchev–Trinajstić information content (AvgIpc) is 3.41. The summed E-state index contributed by atoms with van der Waals surface area (Å²) in [6.45, 7) is -2.44. The Morgan fingerprint density at radius 1 is 0.769 bits per heavy atom. The Kier molecular flexibility index (Phi) is 12.5. The maximum atomic E-state index is 13.9. The van der Waals surface area contributed by atoms with Crippen molar-refractivity contribution in [2.45, 2.75) is 29.0 Å². The molecular formula is C31H33F6N2O10S3+. The fourth-order valence-electron chi connectivity index (χ4n) is 5.25. The Bertz CT molecular complexity index is 2030. The van der Waals surface area contributed by atoms with E-state index in [1.165, 1.54) is 30.6 Å². The quantitative estimate of drug-likeness (QED) is 0.0752. The number of nitrogens with zero attached hydrogens (tertiary/aromatic N) is 2. The van der Waals surface area contributed by atoms with Crippen LogP contribution in [0.25, 0.3) is 25.1 Å². The van der Waals surface area contributed by atoms with E-state index in [-0.39, 0.29) is 17.1 Å². The van der Waals surface area contributed by atoms with Crippen LogP contribution in [-0.2, 0) is 40.3 Å². The summed E-state index contributed by atoms with van der Waals surface area (Å²) in [5, 5.41) is -1.90. The molecule has 0 aliphatic carbocycles. The second-order valence-corrected chi connectivity index (χ2v) is 16.3. The number of hydrogen-bond acceptors (Lipinski definition) is 9. The van der Waals surface area contributed by atoms with Crippen LogP contribution in [0, 0.1) is 0 Å². The minimum atomic E-state index is -7.15. The Morgan fingerprint density at radius 2 is 1.23 bits per heavy atom. The number of alkyl halides is 6. The number of aliphatic hydroxyl groups excluding tert-OH is 1. The van der Waals surface area contributed by atoms with Gasteiger partial charge >= 0.3 is 42.7 Å². The Balaban J connectivity index is 0.000000242. The molecule has 3 aromatic carbocycles. The van der Waals surface area contributed by atoms with Gasteiger partial charge in [0.2, 0.25) is 0 Å². The molecule has 0 bridgehead atoms. The number of hydrogen-bond donors (Lipinski definition) is 2. The molecular weight excluding hydrogens is 771 g/mol. The van der Waals surface area contributed by atoms with Gasteiger partial charge in [0.1, 0.15) is 19.6 Å². The van der Waals surface area contributed by atoms with Crippen molar-refractivity contribution in [2.24, 2.45) is 0 Å². The second-order valence-electron chi connectivity index (χ2n) is 11.2. The third kappa shape index (κ3) is 7.86. The van der Waals surface area contributed by atoms with E-state index in [1.54, 1.807) is 0 Å². The smallest absolute Gasteiger partial charge is 0.396 e. The lowest BCUT2D eigenvalue weighted by Crippen LogP contribution is -2.62. The predicted molar refractivity (Wildman–Crippen MR) is 179 cm³/mol. The van der Waals surface area contributed by atoms with Crippen LogP contribution in [0.1, 0.15) is 5.56 Å². The summed E-state index contributed by atoms with van der Waals surface area (Å²) >= 11 is 0. The molecule has 12 nitrogen and oxygen atoms in total. The van der Waals surface area contributed by atoms with E-state index < -0.39 is 75.4 Å². The van der Waals surface area contributed by atoms with E-state index in [9.17, 15) is 48.0 Å². The van der Waals surface area contributed by atoms with Crippen LogP contribution in [0.2, 0.25) is 0 Å². The van der Waals surface area contributed by atoms with Gasteiger partial charge < -0.3 is 14.6 Å². The number of halogens is 6. The molecule has 0 spiro atoms. The number of urea groups is 1. The number of fused-ring (bicyclic) bond motifs is 3. The van der Waals surface area contributed by atoms with Gasteiger partial charge in [0, 0.05) is 42.1 Å². The van der Waals surface area contributed by atoms with Crippen LogP contribution >= 0.6 is 10.5 Å². The zero-order valence-corrected chi connectivity index (χ0v) is 29.7. The lowest BCUT2D eigenvalue weighted by Gasteiger charge is -2.39. The fourth-order valence-corrected chi connectivity index (χ4v) is 9.19. The number of thiophene rings is 1. The highest BCUT2D eigenvalue weighted by Crippen LogP contribution is 2.51. The van der Waals surface area contributed by atoms with E-state index in [2.05, 4.69) is 86.5 Å². The normalized spacial score (nSPS) is 15.3. The SMILES string of the molecule is COCN1CC(OS(=O)(=O)C(F)(F)C(F)(F)C(F)(F)S(=O)(=O)O)CN(COC)C1=O.OCCc1ccc(-[s+]2c3ccccc3c3ccccc32)cc1. The highest BCUT2D eigenvalue weighted by atomic mass is 32.2. The number of rotatable bonds is 13. The first-order valence-corrected chi connectivity index (χ1v) is 19.0. The predicted octanol–water partition coefficient (Wildman–Crippen LogP) is 5.62. The van der Waals surface area contributed by atoms with Gasteiger partial charge in [-0.1, -0.05) is 36.4 Å². The number of benzene rings is 3. The van der Waals surface area contributed by atoms with Crippen LogP contribution in [0.3, 0.4) is 0 Å². The minimum absolute atomic E-state index is 0.0153. The Hall–Kier alpha value is -3.57. The van der Waals surface area contributed by atoms with Crippen molar-refractivity contribution in [1.29, 1.82) is 0 Å². The van der Waals surface area contributed by atoms with Crippen molar-refractivity contribution in [2.75, 3.05) is 47.4 Å². The lowest BCUT2D eigenvalue weighted by atomic mass is 10.2. The van der Waals surface area contributed by atoms with Gasteiger partial charge in [0.25, 0.3) is 0 Å². The first-order chi connectivity index (χ1) is 24.3. The van der Waals surface area contributed by atoms with Crippen molar-refractivity contribution in [3.63, 3.8) is 0 Å². The zero-order chi connectivity index (χ0) is 38.7. The number of methoxy groups -OCH3 is 2. The molecule has 1 aliphatic rings. The average molecular weight is 804 g/mol. The summed E-state index contributed by atoms with van der Waals surface area (Å²) in [7, 11) is -11.9. The topological polar surface area (TPSA) is 160 Å². The molecule has 5 rings (SSSR count). The summed E-state index contributed by atoms with van der Waals surface area (Å²) in [6, 6.07) is 25.3. The molecule has 1 aliphatic heterocycles. The molecule has 0 unspecified atom stereocenters. The van der Waals surface area contributed by atoms with E-state index in [4.69, 9.17) is 9.66 Å². The third-order valence-electron chi connectivity index (χ3n) is 7.65. The summed E-state index contributed by atoms with van der Waals surface area (Å²) < 4.78 is 150. The van der Waals surface area contributed by atoms with Crippen LogP contribution in [0.4, 0.5) is 31.1 Å². The zero-order valence-electron chi connectivity index (χ0n) is 27.3. The van der Waals surface area contributed by atoms with Crippen LogP contribution in [0.15, 0.2) is 72.8 Å². The largest absolute Gasteiger partial charge is 0.439 e. The lowest BCUT2D eigenvalue weighted by molar-refractivity contribution is -0.248. The van der Waals surface area contributed by atoms with Gasteiger partial charge in [-0.05, 0) is 48.4 Å². The second kappa shape index (κ2) is 15.8. The number of aliphatic hydroxyl groups is 1. The molecule has 52 heavy (non-hydrogen) atoms. The van der Waals surface area contributed by atoms with Gasteiger partial charge in [-0.25, -0.2) is 4.79 Å². The van der Waals surface area contributed by atoms with Crippen molar-refractivity contribution in [3.8, 4) is 4.90 Å². The van der Waals surface area contributed by atoms with Crippen molar-refractivity contribution < 1.29 is 71.3 Å². The van der Waals surface area contributed by atoms with Gasteiger partial charge in [0.05, 0.1) is 13.1 Å². The Morgan fingerprint density at radius 3 is 1.65 bits per heavy atom. The van der Waals surface area contributed by atoms with Crippen molar-refractivity contribution in [1.82, 2.24) is 9.80 Å².